The molecule has 7 heteroatoms. The average molecular weight is 273 g/mol. The topological polar surface area (TPSA) is 84.9 Å². The highest BCUT2D eigenvalue weighted by Gasteiger charge is 2.28. The third-order valence-corrected chi connectivity index (χ3v) is 3.92. The lowest BCUT2D eigenvalue weighted by molar-refractivity contribution is 0.137. The Morgan fingerprint density at radius 3 is 2.61 bits per heavy atom. The molecule has 0 bridgehead atoms. The van der Waals surface area contributed by atoms with Crippen LogP contribution >= 0.6 is 7.60 Å². The van der Waals surface area contributed by atoms with Gasteiger partial charge >= 0.3 is 13.7 Å². The minimum atomic E-state index is -3.83. The summed E-state index contributed by atoms with van der Waals surface area (Å²) in [6.45, 7) is 1.47. The van der Waals surface area contributed by atoms with Crippen molar-refractivity contribution in [1.82, 2.24) is 5.32 Å². The fourth-order valence-corrected chi connectivity index (χ4v) is 1.76. The van der Waals surface area contributed by atoms with E-state index in [2.05, 4.69) is 9.84 Å². The lowest BCUT2D eigenvalue weighted by Crippen LogP contribution is -2.33. The second-order valence-corrected chi connectivity index (χ2v) is 5.90. The summed E-state index contributed by atoms with van der Waals surface area (Å²) < 4.78 is 20.7. The number of ether oxygens (including phenoxy) is 1. The molecule has 0 saturated carbocycles. The van der Waals surface area contributed by atoms with Crippen LogP contribution in [0.2, 0.25) is 0 Å². The van der Waals surface area contributed by atoms with Gasteiger partial charge in [-0.3, -0.25) is 4.57 Å². The van der Waals surface area contributed by atoms with Gasteiger partial charge in [0.05, 0.1) is 0 Å². The van der Waals surface area contributed by atoms with E-state index in [1.807, 2.05) is 30.3 Å². The molecule has 0 spiro atoms. The van der Waals surface area contributed by atoms with Crippen LogP contribution in [-0.4, -0.2) is 23.9 Å². The van der Waals surface area contributed by atoms with Crippen LogP contribution in [0.4, 0.5) is 4.79 Å². The van der Waals surface area contributed by atoms with Crippen molar-refractivity contribution in [2.75, 3.05) is 7.11 Å². The Labute approximate surface area is 105 Å². The van der Waals surface area contributed by atoms with E-state index in [4.69, 9.17) is 4.74 Å². The largest absolute Gasteiger partial charge is 0.445 e. The Kier molecular flexibility index (Phi) is 5.34. The van der Waals surface area contributed by atoms with Crippen LogP contribution in [-0.2, 0) is 20.4 Å². The summed E-state index contributed by atoms with van der Waals surface area (Å²) in [5.74, 6) is -1.02. The molecule has 18 heavy (non-hydrogen) atoms. The molecule has 0 radical (unpaired) electrons. The highest BCUT2D eigenvalue weighted by atomic mass is 31.2. The SMILES string of the molecule is CO[P@](=O)(O)C(C)NC(=O)OCc1ccccc1. The Hall–Kier alpha value is -1.36. The number of hydrogen-bond acceptors (Lipinski definition) is 4. The van der Waals surface area contributed by atoms with Gasteiger partial charge in [0, 0.05) is 7.11 Å². The second kappa shape index (κ2) is 6.54. The van der Waals surface area contributed by atoms with Gasteiger partial charge in [0.25, 0.3) is 0 Å². The molecule has 0 saturated heterocycles. The Morgan fingerprint density at radius 2 is 2.06 bits per heavy atom. The number of nitrogens with one attached hydrogen (secondary N) is 1. The smallest absolute Gasteiger partial charge is 0.408 e. The first-order chi connectivity index (χ1) is 8.45. The van der Waals surface area contributed by atoms with Gasteiger partial charge < -0.3 is 19.5 Å². The number of carbonyl (C=O) groups is 1. The van der Waals surface area contributed by atoms with E-state index in [-0.39, 0.29) is 6.61 Å². The first kappa shape index (κ1) is 14.7. The van der Waals surface area contributed by atoms with E-state index >= 15 is 0 Å². The average Bonchev–Trinajstić information content (AvgIpc) is 2.37. The van der Waals surface area contributed by atoms with Gasteiger partial charge in [-0.1, -0.05) is 30.3 Å². The van der Waals surface area contributed by atoms with Gasteiger partial charge in [-0.05, 0) is 12.5 Å². The molecule has 0 heterocycles. The summed E-state index contributed by atoms with van der Waals surface area (Å²) in [7, 11) is -2.72. The Balaban J connectivity index is 2.41. The molecule has 1 aromatic carbocycles. The number of alkyl carbamates (subject to hydrolysis) is 1. The van der Waals surface area contributed by atoms with E-state index < -0.39 is 19.5 Å². The first-order valence-corrected chi connectivity index (χ1v) is 6.96. The minimum Gasteiger partial charge on any atom is -0.445 e. The number of amides is 1. The number of carbonyl (C=O) groups excluding carboxylic acids is 1. The van der Waals surface area contributed by atoms with Crippen LogP contribution in [0.3, 0.4) is 0 Å². The summed E-state index contributed by atoms with van der Waals surface area (Å²) in [6, 6.07) is 9.12. The number of rotatable bonds is 5. The van der Waals surface area contributed by atoms with Crippen LogP contribution in [0.15, 0.2) is 30.3 Å². The molecule has 0 aliphatic heterocycles. The quantitative estimate of drug-likeness (QED) is 0.802. The van der Waals surface area contributed by atoms with Crippen LogP contribution in [0.1, 0.15) is 12.5 Å². The van der Waals surface area contributed by atoms with Crippen molar-refractivity contribution >= 4 is 13.7 Å². The summed E-state index contributed by atoms with van der Waals surface area (Å²) in [5.41, 5.74) is 0.833. The predicted octanol–water partition coefficient (Wildman–Crippen LogP) is 2.09. The van der Waals surface area contributed by atoms with Crippen LogP contribution < -0.4 is 5.32 Å². The maximum Gasteiger partial charge on any atom is 0.408 e. The van der Waals surface area contributed by atoms with Crippen LogP contribution in [0.25, 0.3) is 0 Å². The zero-order valence-corrected chi connectivity index (χ0v) is 11.1. The Morgan fingerprint density at radius 1 is 1.44 bits per heavy atom. The predicted molar refractivity (Wildman–Crippen MR) is 66.1 cm³/mol. The Bertz CT molecular complexity index is 436. The molecular formula is C11H16NO5P. The zero-order valence-electron chi connectivity index (χ0n) is 10.2. The van der Waals surface area contributed by atoms with E-state index in [0.29, 0.717) is 0 Å². The maximum atomic E-state index is 11.4. The second-order valence-electron chi connectivity index (χ2n) is 3.63. The third-order valence-electron chi connectivity index (χ3n) is 2.29. The summed E-state index contributed by atoms with van der Waals surface area (Å²) in [5, 5.41) is 2.24. The van der Waals surface area contributed by atoms with E-state index in [0.717, 1.165) is 12.7 Å². The molecule has 1 amide bonds. The molecule has 0 aliphatic carbocycles. The number of benzene rings is 1. The van der Waals surface area contributed by atoms with Crippen LogP contribution in [0, 0.1) is 0 Å². The van der Waals surface area contributed by atoms with Gasteiger partial charge in [0.2, 0.25) is 0 Å². The highest BCUT2D eigenvalue weighted by Crippen LogP contribution is 2.44. The first-order valence-electron chi connectivity index (χ1n) is 5.31. The van der Waals surface area contributed by atoms with Gasteiger partial charge in [-0.15, -0.1) is 0 Å². The van der Waals surface area contributed by atoms with Crippen molar-refractivity contribution in [3.63, 3.8) is 0 Å². The van der Waals surface area contributed by atoms with Crippen molar-refractivity contribution < 1.29 is 23.5 Å². The third kappa shape index (κ3) is 4.49. The summed E-state index contributed by atoms with van der Waals surface area (Å²) >= 11 is 0. The number of hydrogen-bond donors (Lipinski definition) is 2. The van der Waals surface area contributed by atoms with Crippen molar-refractivity contribution in [3.8, 4) is 0 Å². The molecule has 2 atom stereocenters. The van der Waals surface area contributed by atoms with Gasteiger partial charge in [0.1, 0.15) is 12.4 Å². The lowest BCUT2D eigenvalue weighted by atomic mass is 10.2. The van der Waals surface area contributed by atoms with Crippen molar-refractivity contribution in [3.05, 3.63) is 35.9 Å². The molecule has 0 fully saturated rings. The fourth-order valence-electron chi connectivity index (χ4n) is 1.18. The van der Waals surface area contributed by atoms with E-state index in [9.17, 15) is 14.3 Å². The standard InChI is InChI=1S/C11H16NO5P/c1-9(18(14,15)16-2)12-11(13)17-8-10-6-4-3-5-7-10/h3-7,9H,8H2,1-2H3,(H,12,13)(H,14,15). The molecule has 100 valence electrons. The molecule has 1 unspecified atom stereocenters. The lowest BCUT2D eigenvalue weighted by Gasteiger charge is -2.18. The van der Waals surface area contributed by atoms with Crippen molar-refractivity contribution in [2.24, 2.45) is 0 Å². The minimum absolute atomic E-state index is 0.0993. The van der Waals surface area contributed by atoms with E-state index in [1.165, 1.54) is 6.92 Å². The van der Waals surface area contributed by atoms with Gasteiger partial charge in [0.15, 0.2) is 0 Å². The monoisotopic (exact) mass is 273 g/mol. The van der Waals surface area contributed by atoms with Gasteiger partial charge in [-0.2, -0.15) is 0 Å². The van der Waals surface area contributed by atoms with Crippen LogP contribution in [0.5, 0.6) is 0 Å². The molecule has 1 rings (SSSR count). The molecule has 6 nitrogen and oxygen atoms in total. The fraction of sp³-hybridized carbons (Fsp3) is 0.364. The van der Waals surface area contributed by atoms with Crippen molar-refractivity contribution in [1.29, 1.82) is 0 Å². The molecule has 1 aromatic rings. The van der Waals surface area contributed by atoms with Gasteiger partial charge in [-0.25, -0.2) is 4.79 Å². The zero-order chi connectivity index (χ0) is 13.6. The molecule has 2 N–H and O–H groups in total. The van der Waals surface area contributed by atoms with E-state index in [1.54, 1.807) is 0 Å². The molecule has 0 aromatic heterocycles. The molecular weight excluding hydrogens is 257 g/mol. The summed E-state index contributed by atoms with van der Waals surface area (Å²) in [6.07, 6.45) is -0.766. The van der Waals surface area contributed by atoms with Crippen molar-refractivity contribution in [2.45, 2.75) is 19.3 Å². The highest BCUT2D eigenvalue weighted by molar-refractivity contribution is 7.53. The normalized spacial score (nSPS) is 15.5. The molecule has 0 aliphatic rings. The maximum absolute atomic E-state index is 11.4. The summed E-state index contributed by atoms with van der Waals surface area (Å²) in [4.78, 5) is 20.7.